The molecule has 9 heteroatoms. The summed E-state index contributed by atoms with van der Waals surface area (Å²) in [7, 11) is 1.93. The van der Waals surface area contributed by atoms with Crippen LogP contribution in [0.3, 0.4) is 0 Å². The number of carbonyl (C=O) groups is 2. The van der Waals surface area contributed by atoms with Gasteiger partial charge in [0.1, 0.15) is 0 Å². The molecule has 1 aromatic heterocycles. The number of ether oxygens (including phenoxy) is 1. The fourth-order valence-corrected chi connectivity index (χ4v) is 3.57. The van der Waals surface area contributed by atoms with Gasteiger partial charge in [0.2, 0.25) is 0 Å². The Morgan fingerprint density at radius 3 is 2.71 bits per heavy atom. The highest BCUT2D eigenvalue weighted by Gasteiger charge is 2.26. The molecule has 0 atom stereocenters. The monoisotopic (exact) mass is 429 g/mol. The number of pyridine rings is 1. The van der Waals surface area contributed by atoms with Crippen molar-refractivity contribution in [2.45, 2.75) is 13.0 Å². The maximum absolute atomic E-state index is 13.7. The van der Waals surface area contributed by atoms with E-state index in [2.05, 4.69) is 10.3 Å². The molecule has 6 nitrogen and oxygen atoms in total. The van der Waals surface area contributed by atoms with Gasteiger partial charge in [-0.1, -0.05) is 18.2 Å². The summed E-state index contributed by atoms with van der Waals surface area (Å²) >= 11 is 0. The minimum Gasteiger partial charge on any atom is -0.452 e. The average Bonchev–Trinajstić information content (AvgIpc) is 2.76. The van der Waals surface area contributed by atoms with Gasteiger partial charge in [-0.25, -0.2) is 18.0 Å². The molecule has 4 rings (SSSR count). The summed E-state index contributed by atoms with van der Waals surface area (Å²) in [5, 5.41) is 2.68. The molecule has 2 heterocycles. The van der Waals surface area contributed by atoms with Gasteiger partial charge < -0.3 is 15.0 Å². The third-order valence-corrected chi connectivity index (χ3v) is 5.09. The molecule has 0 fully saturated rings. The standard InChI is InChI=1S/C22H18F3N3O3/c1-28-9-8-16-13(10-28)19(12-4-2-3-5-15(12)26-16)22(30)31-11-18(29)27-17-7-6-14(23)20(24)21(17)25/h2-7H,8-11H2,1H3,(H,27,29). The Hall–Kier alpha value is -3.46. The van der Waals surface area contributed by atoms with Crippen LogP contribution in [0, 0.1) is 17.5 Å². The molecule has 0 radical (unpaired) electrons. The topological polar surface area (TPSA) is 71.5 Å². The van der Waals surface area contributed by atoms with E-state index in [-0.39, 0.29) is 0 Å². The summed E-state index contributed by atoms with van der Waals surface area (Å²) in [6, 6.07) is 8.71. The lowest BCUT2D eigenvalue weighted by Gasteiger charge is -2.26. The van der Waals surface area contributed by atoms with Gasteiger partial charge in [-0.15, -0.1) is 0 Å². The lowest BCUT2D eigenvalue weighted by atomic mass is 9.96. The summed E-state index contributed by atoms with van der Waals surface area (Å²) in [6.07, 6.45) is 0.673. The predicted molar refractivity (Wildman–Crippen MR) is 107 cm³/mol. The Kier molecular flexibility index (Phi) is 5.60. The number of amides is 1. The largest absolute Gasteiger partial charge is 0.452 e. The normalized spacial score (nSPS) is 13.7. The highest BCUT2D eigenvalue weighted by Crippen LogP contribution is 2.28. The van der Waals surface area contributed by atoms with Gasteiger partial charge >= 0.3 is 5.97 Å². The van der Waals surface area contributed by atoms with E-state index in [1.807, 2.05) is 18.0 Å². The highest BCUT2D eigenvalue weighted by atomic mass is 19.2. The lowest BCUT2D eigenvalue weighted by molar-refractivity contribution is -0.119. The SMILES string of the molecule is CN1CCc2nc3ccccc3c(C(=O)OCC(=O)Nc3ccc(F)c(F)c3F)c2C1. The molecule has 1 aliphatic rings. The smallest absolute Gasteiger partial charge is 0.339 e. The molecule has 2 aromatic carbocycles. The summed E-state index contributed by atoms with van der Waals surface area (Å²) < 4.78 is 45.3. The van der Waals surface area contributed by atoms with Gasteiger partial charge in [0, 0.05) is 36.2 Å². The highest BCUT2D eigenvalue weighted by molar-refractivity contribution is 6.06. The number of likely N-dealkylation sites (N-methyl/N-ethyl adjacent to an activating group) is 1. The predicted octanol–water partition coefficient (Wildman–Crippen LogP) is 3.44. The van der Waals surface area contributed by atoms with Crippen LogP contribution in [-0.2, 0) is 22.5 Å². The van der Waals surface area contributed by atoms with Crippen LogP contribution in [0.25, 0.3) is 10.9 Å². The Labute approximate surface area is 175 Å². The van der Waals surface area contributed by atoms with Crippen molar-refractivity contribution in [3.05, 3.63) is 70.7 Å². The zero-order chi connectivity index (χ0) is 22.1. The van der Waals surface area contributed by atoms with Crippen LogP contribution < -0.4 is 5.32 Å². The maximum Gasteiger partial charge on any atom is 0.339 e. The number of rotatable bonds is 4. The number of nitrogens with one attached hydrogen (secondary N) is 1. The van der Waals surface area contributed by atoms with Crippen LogP contribution in [0.2, 0.25) is 0 Å². The fraction of sp³-hybridized carbons (Fsp3) is 0.227. The second kappa shape index (κ2) is 8.35. The van der Waals surface area contributed by atoms with E-state index in [4.69, 9.17) is 4.74 Å². The number of aromatic nitrogens is 1. The minimum absolute atomic E-state index is 0.332. The Bertz CT molecular complexity index is 1200. The maximum atomic E-state index is 13.7. The van der Waals surface area contributed by atoms with E-state index >= 15 is 0 Å². The Morgan fingerprint density at radius 1 is 1.13 bits per heavy atom. The Morgan fingerprint density at radius 2 is 1.90 bits per heavy atom. The summed E-state index contributed by atoms with van der Waals surface area (Å²) in [5.41, 5.74) is 1.97. The zero-order valence-corrected chi connectivity index (χ0v) is 16.5. The van der Waals surface area contributed by atoms with Crippen molar-refractivity contribution in [2.24, 2.45) is 0 Å². The van der Waals surface area contributed by atoms with E-state index in [0.717, 1.165) is 23.9 Å². The third kappa shape index (κ3) is 4.09. The van der Waals surface area contributed by atoms with Gasteiger partial charge in [-0.2, -0.15) is 0 Å². The fourth-order valence-electron chi connectivity index (χ4n) is 3.57. The number of benzene rings is 2. The molecule has 160 valence electrons. The zero-order valence-electron chi connectivity index (χ0n) is 16.5. The lowest BCUT2D eigenvalue weighted by Crippen LogP contribution is -2.30. The van der Waals surface area contributed by atoms with Crippen molar-refractivity contribution in [3.8, 4) is 0 Å². The van der Waals surface area contributed by atoms with Crippen molar-refractivity contribution in [3.63, 3.8) is 0 Å². The minimum atomic E-state index is -1.70. The second-order valence-electron chi connectivity index (χ2n) is 7.26. The molecule has 31 heavy (non-hydrogen) atoms. The second-order valence-corrected chi connectivity index (χ2v) is 7.26. The molecular formula is C22H18F3N3O3. The van der Waals surface area contributed by atoms with E-state index < -0.39 is 41.6 Å². The third-order valence-electron chi connectivity index (χ3n) is 5.09. The van der Waals surface area contributed by atoms with E-state index in [0.29, 0.717) is 35.5 Å². The molecule has 1 N–H and O–H groups in total. The number of fused-ring (bicyclic) bond motifs is 2. The molecule has 1 aliphatic heterocycles. The van der Waals surface area contributed by atoms with Gasteiger partial charge in [0.25, 0.3) is 5.91 Å². The molecule has 3 aromatic rings. The molecule has 0 spiro atoms. The van der Waals surface area contributed by atoms with Crippen LogP contribution in [0.4, 0.5) is 18.9 Å². The summed E-state index contributed by atoms with van der Waals surface area (Å²) in [5.74, 6) is -6.21. The molecule has 0 saturated heterocycles. The van der Waals surface area contributed by atoms with Crippen molar-refractivity contribution in [2.75, 3.05) is 25.5 Å². The van der Waals surface area contributed by atoms with Crippen LogP contribution in [0.1, 0.15) is 21.6 Å². The van der Waals surface area contributed by atoms with Crippen molar-refractivity contribution in [1.29, 1.82) is 0 Å². The first kappa shape index (κ1) is 20.8. The van der Waals surface area contributed by atoms with Crippen LogP contribution in [0.5, 0.6) is 0 Å². The van der Waals surface area contributed by atoms with Crippen molar-refractivity contribution >= 4 is 28.5 Å². The number of para-hydroxylation sites is 1. The van der Waals surface area contributed by atoms with Gasteiger partial charge in [-0.05, 0) is 25.2 Å². The quantitative estimate of drug-likeness (QED) is 0.508. The Balaban J connectivity index is 1.56. The first-order valence-corrected chi connectivity index (χ1v) is 9.54. The average molecular weight is 429 g/mol. The van der Waals surface area contributed by atoms with Gasteiger partial charge in [0.05, 0.1) is 16.8 Å². The number of halogens is 3. The van der Waals surface area contributed by atoms with Crippen LogP contribution in [0.15, 0.2) is 36.4 Å². The molecular weight excluding hydrogens is 411 g/mol. The van der Waals surface area contributed by atoms with Gasteiger partial charge in [0.15, 0.2) is 24.1 Å². The number of nitrogens with zero attached hydrogens (tertiary/aromatic N) is 2. The molecule has 0 saturated carbocycles. The van der Waals surface area contributed by atoms with Crippen molar-refractivity contribution in [1.82, 2.24) is 9.88 Å². The van der Waals surface area contributed by atoms with Crippen molar-refractivity contribution < 1.29 is 27.5 Å². The van der Waals surface area contributed by atoms with Crippen LogP contribution in [-0.4, -0.2) is 42.0 Å². The molecule has 0 aliphatic carbocycles. The first-order chi connectivity index (χ1) is 14.8. The van der Waals surface area contributed by atoms with Crippen LogP contribution >= 0.6 is 0 Å². The van der Waals surface area contributed by atoms with E-state index in [9.17, 15) is 22.8 Å². The summed E-state index contributed by atoms with van der Waals surface area (Å²) in [4.78, 5) is 31.7. The number of hydrogen-bond acceptors (Lipinski definition) is 5. The number of esters is 1. The van der Waals surface area contributed by atoms with Gasteiger partial charge in [-0.3, -0.25) is 9.78 Å². The molecule has 0 unspecified atom stereocenters. The number of hydrogen-bond donors (Lipinski definition) is 1. The number of anilines is 1. The summed E-state index contributed by atoms with van der Waals surface area (Å²) in [6.45, 7) is 0.581. The van der Waals surface area contributed by atoms with E-state index in [1.165, 1.54) is 0 Å². The molecule has 1 amide bonds. The number of carbonyl (C=O) groups excluding carboxylic acids is 2. The molecule has 0 bridgehead atoms. The first-order valence-electron chi connectivity index (χ1n) is 9.54. The van der Waals surface area contributed by atoms with E-state index in [1.54, 1.807) is 18.2 Å².